The normalized spacial score (nSPS) is 18.7. The molecule has 0 atom stereocenters. The van der Waals surface area contributed by atoms with Crippen LogP contribution in [-0.2, 0) is 17.6 Å². The maximum atomic E-state index is 14.1. The Morgan fingerprint density at radius 1 is 0.897 bits per heavy atom. The molecule has 5 rings (SSSR count). The van der Waals surface area contributed by atoms with Crippen LogP contribution in [0.15, 0.2) is 36.4 Å². The van der Waals surface area contributed by atoms with E-state index in [1.54, 1.807) is 12.1 Å². The number of carbonyl (C=O) groups is 2. The molecular weight excluding hydrogens is 369 g/mol. The predicted molar refractivity (Wildman–Crippen MR) is 110 cm³/mol. The van der Waals surface area contributed by atoms with Crippen LogP contribution in [0.4, 0.5) is 15.8 Å². The Hall–Kier alpha value is -2.89. The van der Waals surface area contributed by atoms with Crippen LogP contribution in [0.2, 0.25) is 0 Å². The van der Waals surface area contributed by atoms with Gasteiger partial charge in [-0.2, -0.15) is 0 Å². The Balaban J connectivity index is 1.35. The highest BCUT2D eigenvalue weighted by Crippen LogP contribution is 2.37. The van der Waals surface area contributed by atoms with Gasteiger partial charge >= 0.3 is 0 Å². The topological polar surface area (TPSA) is 43.9 Å². The smallest absolute Gasteiger partial charge is 0.253 e. The number of anilines is 2. The van der Waals surface area contributed by atoms with Gasteiger partial charge in [-0.1, -0.05) is 12.1 Å². The van der Waals surface area contributed by atoms with Crippen molar-refractivity contribution in [2.24, 2.45) is 0 Å². The van der Waals surface area contributed by atoms with Gasteiger partial charge in [-0.25, -0.2) is 4.39 Å². The van der Waals surface area contributed by atoms with E-state index in [0.717, 1.165) is 36.2 Å². The number of carbonyl (C=O) groups excluding carboxylic acids is 2. The molecule has 1 saturated heterocycles. The zero-order valence-electron chi connectivity index (χ0n) is 16.4. The van der Waals surface area contributed by atoms with E-state index in [4.69, 9.17) is 0 Å². The number of halogens is 1. The molecule has 0 radical (unpaired) electrons. The lowest BCUT2D eigenvalue weighted by atomic mass is 9.89. The fourth-order valence-corrected chi connectivity index (χ4v) is 4.82. The third-order valence-electron chi connectivity index (χ3n) is 6.28. The Labute approximate surface area is 169 Å². The molecule has 1 fully saturated rings. The molecule has 6 heteroatoms. The number of nitrogens with zero attached hydrogens (tertiary/aromatic N) is 3. The van der Waals surface area contributed by atoms with E-state index in [9.17, 15) is 14.0 Å². The second kappa shape index (κ2) is 7.17. The summed E-state index contributed by atoms with van der Waals surface area (Å²) in [6.07, 6.45) is 3.08. The standard InChI is InChI=1S/C23H24FN3O2/c24-19-5-1-2-6-20(19)25-10-12-26(13-11-25)23(29)18-14-16-4-3-9-27-21(28)8-7-17(15-18)22(16)27/h1-2,5-6,14-15H,3-4,7-13H2. The molecule has 2 aromatic rings. The third kappa shape index (κ3) is 3.16. The first-order valence-electron chi connectivity index (χ1n) is 10.4. The summed E-state index contributed by atoms with van der Waals surface area (Å²) in [4.78, 5) is 31.2. The molecule has 150 valence electrons. The van der Waals surface area contributed by atoms with Crippen molar-refractivity contribution in [2.45, 2.75) is 25.7 Å². The third-order valence-corrected chi connectivity index (χ3v) is 6.28. The number of amides is 2. The first kappa shape index (κ1) is 18.2. The number of para-hydroxylation sites is 1. The van der Waals surface area contributed by atoms with Crippen molar-refractivity contribution in [3.8, 4) is 0 Å². The largest absolute Gasteiger partial charge is 0.366 e. The van der Waals surface area contributed by atoms with Gasteiger partial charge in [0.1, 0.15) is 5.82 Å². The quantitative estimate of drug-likeness (QED) is 0.788. The first-order chi connectivity index (χ1) is 14.1. The highest BCUT2D eigenvalue weighted by molar-refractivity contribution is 6.00. The highest BCUT2D eigenvalue weighted by atomic mass is 19.1. The second-order valence-corrected chi connectivity index (χ2v) is 8.02. The van der Waals surface area contributed by atoms with E-state index in [1.165, 1.54) is 6.07 Å². The fraction of sp³-hybridized carbons (Fsp3) is 0.391. The van der Waals surface area contributed by atoms with Gasteiger partial charge in [0, 0.05) is 44.7 Å². The minimum atomic E-state index is -0.222. The van der Waals surface area contributed by atoms with Crippen molar-refractivity contribution in [3.05, 3.63) is 58.9 Å². The lowest BCUT2D eigenvalue weighted by Crippen LogP contribution is -2.49. The fourth-order valence-electron chi connectivity index (χ4n) is 4.82. The maximum absolute atomic E-state index is 14.1. The van der Waals surface area contributed by atoms with Crippen molar-refractivity contribution >= 4 is 23.2 Å². The average molecular weight is 393 g/mol. The van der Waals surface area contributed by atoms with Crippen LogP contribution in [0.1, 0.15) is 34.3 Å². The molecule has 0 bridgehead atoms. The molecule has 0 aliphatic carbocycles. The summed E-state index contributed by atoms with van der Waals surface area (Å²) in [7, 11) is 0. The van der Waals surface area contributed by atoms with Crippen LogP contribution in [0.25, 0.3) is 0 Å². The zero-order valence-corrected chi connectivity index (χ0v) is 16.4. The number of hydrogen-bond donors (Lipinski definition) is 0. The Bertz CT molecular complexity index is 965. The van der Waals surface area contributed by atoms with Gasteiger partial charge in [0.2, 0.25) is 5.91 Å². The zero-order chi connectivity index (χ0) is 20.0. The van der Waals surface area contributed by atoms with Crippen molar-refractivity contribution < 1.29 is 14.0 Å². The number of rotatable bonds is 2. The summed E-state index contributed by atoms with van der Waals surface area (Å²) in [6.45, 7) is 3.16. The molecule has 0 saturated carbocycles. The van der Waals surface area contributed by atoms with Gasteiger partial charge in [0.25, 0.3) is 5.91 Å². The molecule has 29 heavy (non-hydrogen) atoms. The molecule has 5 nitrogen and oxygen atoms in total. The average Bonchev–Trinajstić information content (AvgIpc) is 2.76. The number of piperazine rings is 1. The monoisotopic (exact) mass is 393 g/mol. The van der Waals surface area contributed by atoms with Gasteiger partial charge in [-0.3, -0.25) is 9.59 Å². The lowest BCUT2D eigenvalue weighted by Gasteiger charge is -2.37. The van der Waals surface area contributed by atoms with Crippen molar-refractivity contribution in [2.75, 3.05) is 42.5 Å². The molecule has 0 N–H and O–H groups in total. The molecule has 2 amide bonds. The summed E-state index contributed by atoms with van der Waals surface area (Å²) in [5, 5.41) is 0. The van der Waals surface area contributed by atoms with E-state index in [-0.39, 0.29) is 17.6 Å². The second-order valence-electron chi connectivity index (χ2n) is 8.02. The van der Waals surface area contributed by atoms with Crippen LogP contribution >= 0.6 is 0 Å². The Kier molecular flexibility index (Phi) is 4.49. The summed E-state index contributed by atoms with van der Waals surface area (Å²) in [6, 6.07) is 10.7. The molecule has 3 aliphatic heterocycles. The van der Waals surface area contributed by atoms with Gasteiger partial charge in [-0.05, 0) is 54.7 Å². The highest BCUT2D eigenvalue weighted by Gasteiger charge is 2.31. The van der Waals surface area contributed by atoms with Crippen LogP contribution in [0.5, 0.6) is 0 Å². The van der Waals surface area contributed by atoms with Crippen molar-refractivity contribution in [1.29, 1.82) is 0 Å². The first-order valence-corrected chi connectivity index (χ1v) is 10.4. The predicted octanol–water partition coefficient (Wildman–Crippen LogP) is 3.01. The molecular formula is C23H24FN3O2. The van der Waals surface area contributed by atoms with E-state index in [1.807, 2.05) is 32.9 Å². The molecule has 0 aromatic heterocycles. The van der Waals surface area contributed by atoms with E-state index in [0.29, 0.717) is 50.3 Å². The van der Waals surface area contributed by atoms with E-state index < -0.39 is 0 Å². The summed E-state index contributed by atoms with van der Waals surface area (Å²) in [5.74, 6) is 0.00760. The summed E-state index contributed by atoms with van der Waals surface area (Å²) in [5.41, 5.74) is 4.61. The van der Waals surface area contributed by atoms with Crippen molar-refractivity contribution in [1.82, 2.24) is 4.90 Å². The Morgan fingerprint density at radius 2 is 1.62 bits per heavy atom. The molecule has 0 unspecified atom stereocenters. The van der Waals surface area contributed by atoms with Crippen LogP contribution < -0.4 is 9.80 Å². The van der Waals surface area contributed by atoms with Gasteiger partial charge in [0.05, 0.1) is 11.4 Å². The molecule has 2 aromatic carbocycles. The minimum Gasteiger partial charge on any atom is -0.366 e. The summed E-state index contributed by atoms with van der Waals surface area (Å²) >= 11 is 0. The van der Waals surface area contributed by atoms with Gasteiger partial charge < -0.3 is 14.7 Å². The minimum absolute atomic E-state index is 0.0336. The lowest BCUT2D eigenvalue weighted by molar-refractivity contribution is -0.119. The number of benzene rings is 2. The maximum Gasteiger partial charge on any atom is 0.253 e. The number of aryl methyl sites for hydroxylation is 2. The van der Waals surface area contributed by atoms with Crippen molar-refractivity contribution in [3.63, 3.8) is 0 Å². The Morgan fingerprint density at radius 3 is 2.38 bits per heavy atom. The molecule has 0 spiro atoms. The van der Waals surface area contributed by atoms with Crippen LogP contribution in [-0.4, -0.2) is 49.4 Å². The van der Waals surface area contributed by atoms with Gasteiger partial charge in [0.15, 0.2) is 0 Å². The number of hydrogen-bond acceptors (Lipinski definition) is 3. The molecule has 3 heterocycles. The summed E-state index contributed by atoms with van der Waals surface area (Å²) < 4.78 is 14.1. The van der Waals surface area contributed by atoms with Crippen LogP contribution in [0.3, 0.4) is 0 Å². The van der Waals surface area contributed by atoms with E-state index in [2.05, 4.69) is 0 Å². The molecule has 3 aliphatic rings. The van der Waals surface area contributed by atoms with E-state index >= 15 is 0 Å². The van der Waals surface area contributed by atoms with Crippen LogP contribution in [0, 0.1) is 5.82 Å². The van der Waals surface area contributed by atoms with Gasteiger partial charge in [-0.15, -0.1) is 0 Å². The SMILES string of the molecule is O=C(c1cc2c3c(c1)CCC(=O)N3CCC2)N1CCN(c2ccccc2F)CC1.